The van der Waals surface area contributed by atoms with Crippen LogP contribution in [0.4, 0.5) is 0 Å². The van der Waals surface area contributed by atoms with Crippen LogP contribution in [0.1, 0.15) is 56.5 Å². The number of carbonyl (C=O) groups excluding carboxylic acids is 1. The smallest absolute Gasteiger partial charge is 0.338 e. The second-order valence-corrected chi connectivity index (χ2v) is 10.3. The van der Waals surface area contributed by atoms with E-state index in [1.165, 1.54) is 11.3 Å². The first-order chi connectivity index (χ1) is 17.5. The molecule has 0 amide bonds. The summed E-state index contributed by atoms with van der Waals surface area (Å²) in [5.74, 6) is 0.679. The number of thiazole rings is 1. The highest BCUT2D eigenvalue weighted by Crippen LogP contribution is 2.36. The zero-order valence-electron chi connectivity index (χ0n) is 20.9. The Kier molecular flexibility index (Phi) is 8.43. The standard InChI is InChI=1S/C27H30N2O5S2/c1-5-7-8-13-34-20-12-11-18(15-21(20)32-4)24-23(26(31)33-6-2)17(3)28-27-29(24)25(30)22(36-27)16-19-10-9-14-35-19/h9-12,14-16,24H,5-8,13H2,1-4H3/b22-16-. The van der Waals surface area contributed by atoms with Crippen molar-refractivity contribution < 1.29 is 19.0 Å². The molecular formula is C27H30N2O5S2. The Labute approximate surface area is 218 Å². The fourth-order valence-corrected chi connectivity index (χ4v) is 5.89. The minimum atomic E-state index is -0.700. The van der Waals surface area contributed by atoms with E-state index in [4.69, 9.17) is 14.2 Å². The van der Waals surface area contributed by atoms with Crippen molar-refractivity contribution in [1.82, 2.24) is 4.57 Å². The fraction of sp³-hybridized carbons (Fsp3) is 0.370. The average Bonchev–Trinajstić information content (AvgIpc) is 3.49. The number of methoxy groups -OCH3 is 1. The van der Waals surface area contributed by atoms with Gasteiger partial charge >= 0.3 is 5.97 Å². The van der Waals surface area contributed by atoms with Crippen LogP contribution < -0.4 is 24.4 Å². The van der Waals surface area contributed by atoms with Gasteiger partial charge in [-0.2, -0.15) is 0 Å². The van der Waals surface area contributed by atoms with Gasteiger partial charge in [-0.25, -0.2) is 9.79 Å². The van der Waals surface area contributed by atoms with Gasteiger partial charge in [0.15, 0.2) is 16.3 Å². The molecule has 4 rings (SSSR count). The van der Waals surface area contributed by atoms with E-state index in [9.17, 15) is 9.59 Å². The topological polar surface area (TPSA) is 79.1 Å². The molecule has 190 valence electrons. The van der Waals surface area contributed by atoms with E-state index in [0.29, 0.717) is 44.3 Å². The van der Waals surface area contributed by atoms with Crippen molar-refractivity contribution in [1.29, 1.82) is 0 Å². The normalized spacial score (nSPS) is 15.4. The van der Waals surface area contributed by atoms with Gasteiger partial charge in [0.2, 0.25) is 0 Å². The van der Waals surface area contributed by atoms with Gasteiger partial charge in [0.05, 0.1) is 42.2 Å². The monoisotopic (exact) mass is 526 g/mol. The minimum absolute atomic E-state index is 0.203. The van der Waals surface area contributed by atoms with Crippen LogP contribution in [0, 0.1) is 0 Å². The van der Waals surface area contributed by atoms with Crippen molar-refractivity contribution in [3.8, 4) is 11.5 Å². The highest BCUT2D eigenvalue weighted by molar-refractivity contribution is 7.11. The van der Waals surface area contributed by atoms with Crippen molar-refractivity contribution >= 4 is 34.7 Å². The Balaban J connectivity index is 1.84. The third-order valence-corrected chi connectivity index (χ3v) is 7.64. The molecule has 0 radical (unpaired) electrons. The predicted octanol–water partition coefficient (Wildman–Crippen LogP) is 4.44. The van der Waals surface area contributed by atoms with E-state index >= 15 is 0 Å². The quantitative estimate of drug-likeness (QED) is 0.288. The van der Waals surface area contributed by atoms with Gasteiger partial charge in [-0.3, -0.25) is 9.36 Å². The molecule has 0 saturated carbocycles. The summed E-state index contributed by atoms with van der Waals surface area (Å²) in [6.45, 7) is 6.49. The molecule has 0 bridgehead atoms. The van der Waals surface area contributed by atoms with Gasteiger partial charge in [-0.15, -0.1) is 11.3 Å². The molecule has 1 unspecified atom stereocenters. The van der Waals surface area contributed by atoms with Crippen molar-refractivity contribution in [3.05, 3.63) is 77.1 Å². The van der Waals surface area contributed by atoms with Crippen LogP contribution >= 0.6 is 22.7 Å². The highest BCUT2D eigenvalue weighted by Gasteiger charge is 2.34. The fourth-order valence-electron chi connectivity index (χ4n) is 4.12. The molecule has 9 heteroatoms. The van der Waals surface area contributed by atoms with E-state index in [0.717, 1.165) is 24.1 Å². The second kappa shape index (κ2) is 11.7. The van der Waals surface area contributed by atoms with E-state index in [1.54, 1.807) is 36.9 Å². The summed E-state index contributed by atoms with van der Waals surface area (Å²) in [5.41, 5.74) is 1.38. The third kappa shape index (κ3) is 5.32. The van der Waals surface area contributed by atoms with Crippen molar-refractivity contribution in [2.45, 2.75) is 46.1 Å². The number of nitrogens with zero attached hydrogens (tertiary/aromatic N) is 2. The Hall–Kier alpha value is -3.17. The molecule has 1 aliphatic rings. The van der Waals surface area contributed by atoms with Gasteiger partial charge in [-0.1, -0.05) is 43.2 Å². The molecule has 0 N–H and O–H groups in total. The molecule has 0 spiro atoms. The molecule has 1 atom stereocenters. The average molecular weight is 527 g/mol. The SMILES string of the molecule is CCCCCOc1ccc(C2C(C(=O)OCC)=C(C)N=c3s/c(=C\c4cccs4)c(=O)n32)cc1OC. The number of benzene rings is 1. The number of esters is 1. The number of carbonyl (C=O) groups is 1. The summed E-state index contributed by atoms with van der Waals surface area (Å²) >= 11 is 2.87. The van der Waals surface area contributed by atoms with Crippen molar-refractivity contribution in [2.75, 3.05) is 20.3 Å². The molecule has 1 aliphatic heterocycles. The van der Waals surface area contributed by atoms with Gasteiger partial charge < -0.3 is 14.2 Å². The van der Waals surface area contributed by atoms with E-state index in [1.807, 2.05) is 41.8 Å². The van der Waals surface area contributed by atoms with Crippen LogP contribution in [-0.4, -0.2) is 30.9 Å². The molecule has 0 saturated heterocycles. The summed E-state index contributed by atoms with van der Waals surface area (Å²) < 4.78 is 19.1. The highest BCUT2D eigenvalue weighted by atomic mass is 32.1. The van der Waals surface area contributed by atoms with E-state index in [-0.39, 0.29) is 12.2 Å². The Morgan fingerprint density at radius 3 is 2.72 bits per heavy atom. The number of aromatic nitrogens is 1. The van der Waals surface area contributed by atoms with Gasteiger partial charge in [-0.05, 0) is 55.5 Å². The van der Waals surface area contributed by atoms with Crippen molar-refractivity contribution in [2.24, 2.45) is 4.99 Å². The van der Waals surface area contributed by atoms with Crippen LogP contribution in [0.5, 0.6) is 11.5 Å². The van der Waals surface area contributed by atoms with Crippen LogP contribution in [0.25, 0.3) is 6.08 Å². The number of hydrogen-bond donors (Lipinski definition) is 0. The maximum Gasteiger partial charge on any atom is 0.338 e. The summed E-state index contributed by atoms with van der Waals surface area (Å²) in [6, 6.07) is 8.73. The van der Waals surface area contributed by atoms with E-state index < -0.39 is 12.0 Å². The molecular weight excluding hydrogens is 496 g/mol. The van der Waals surface area contributed by atoms with Crippen LogP contribution in [0.3, 0.4) is 0 Å². The Bertz CT molecular complexity index is 1430. The molecule has 3 heterocycles. The first kappa shape index (κ1) is 25.9. The molecule has 36 heavy (non-hydrogen) atoms. The first-order valence-electron chi connectivity index (χ1n) is 12.0. The lowest BCUT2D eigenvalue weighted by Crippen LogP contribution is -2.39. The molecule has 0 aliphatic carbocycles. The Morgan fingerprint density at radius 1 is 1.19 bits per heavy atom. The van der Waals surface area contributed by atoms with Gasteiger partial charge in [0.25, 0.3) is 5.56 Å². The predicted molar refractivity (Wildman–Crippen MR) is 143 cm³/mol. The number of hydrogen-bond acceptors (Lipinski definition) is 8. The van der Waals surface area contributed by atoms with Gasteiger partial charge in [0.1, 0.15) is 0 Å². The van der Waals surface area contributed by atoms with Crippen LogP contribution in [0.2, 0.25) is 0 Å². The maximum atomic E-state index is 13.6. The zero-order chi connectivity index (χ0) is 25.7. The largest absolute Gasteiger partial charge is 0.493 e. The number of ether oxygens (including phenoxy) is 3. The second-order valence-electron chi connectivity index (χ2n) is 8.28. The Morgan fingerprint density at radius 2 is 2.03 bits per heavy atom. The summed E-state index contributed by atoms with van der Waals surface area (Å²) in [7, 11) is 1.58. The number of rotatable bonds is 10. The van der Waals surface area contributed by atoms with E-state index in [2.05, 4.69) is 11.9 Å². The van der Waals surface area contributed by atoms with Gasteiger partial charge in [0, 0.05) is 4.88 Å². The number of thiophene rings is 1. The number of fused-ring (bicyclic) bond motifs is 1. The molecule has 2 aromatic heterocycles. The summed E-state index contributed by atoms with van der Waals surface area (Å²) in [5, 5.41) is 1.97. The van der Waals surface area contributed by atoms with Crippen LogP contribution in [-0.2, 0) is 9.53 Å². The maximum absolute atomic E-state index is 13.6. The third-order valence-electron chi connectivity index (χ3n) is 5.84. The van der Waals surface area contributed by atoms with Crippen LogP contribution in [0.15, 0.2) is 56.8 Å². The lowest BCUT2D eigenvalue weighted by atomic mass is 9.95. The number of allylic oxidation sites excluding steroid dienone is 1. The molecule has 0 fully saturated rings. The van der Waals surface area contributed by atoms with Crippen molar-refractivity contribution in [3.63, 3.8) is 0 Å². The zero-order valence-corrected chi connectivity index (χ0v) is 22.5. The lowest BCUT2D eigenvalue weighted by molar-refractivity contribution is -0.139. The minimum Gasteiger partial charge on any atom is -0.493 e. The molecule has 3 aromatic rings. The lowest BCUT2D eigenvalue weighted by Gasteiger charge is -2.25. The summed E-state index contributed by atoms with van der Waals surface area (Å²) in [6.07, 6.45) is 5.02. The summed E-state index contributed by atoms with van der Waals surface area (Å²) in [4.78, 5) is 32.9. The molecule has 1 aromatic carbocycles. The number of unbranched alkanes of at least 4 members (excludes halogenated alkanes) is 2. The first-order valence-corrected chi connectivity index (χ1v) is 13.7. The molecule has 7 nitrogen and oxygen atoms in total.